The van der Waals surface area contributed by atoms with Gasteiger partial charge in [0, 0.05) is 37.5 Å². The first-order chi connectivity index (χ1) is 15.9. The molecular weight excluding hydrogens is 418 g/mol. The number of amides is 1. The number of hydrogen-bond acceptors (Lipinski definition) is 6. The van der Waals surface area contributed by atoms with E-state index in [1.807, 2.05) is 26.0 Å². The standard InChI is InChI=1S/C26H37N3O4/c1-6-28(21-14-19(4)13-20(5)15-21)18-26(30)27-22-16-25(33-8-3)23(17-24(22)32-7-2)29-9-11-31-12-10-29/h13-17H,6-12,18H2,1-5H3,(H,27,30). The Kier molecular flexibility index (Phi) is 8.83. The molecule has 0 atom stereocenters. The molecule has 1 amide bonds. The van der Waals surface area contributed by atoms with Crippen LogP contribution in [0.25, 0.3) is 0 Å². The zero-order valence-corrected chi connectivity index (χ0v) is 20.6. The monoisotopic (exact) mass is 455 g/mol. The van der Waals surface area contributed by atoms with Crippen LogP contribution in [0.5, 0.6) is 11.5 Å². The molecule has 2 aromatic rings. The molecule has 1 aliphatic rings. The van der Waals surface area contributed by atoms with Crippen molar-refractivity contribution in [2.24, 2.45) is 0 Å². The second-order valence-electron chi connectivity index (χ2n) is 8.19. The van der Waals surface area contributed by atoms with Gasteiger partial charge in [0.25, 0.3) is 0 Å². The van der Waals surface area contributed by atoms with E-state index >= 15 is 0 Å². The predicted molar refractivity (Wildman–Crippen MR) is 134 cm³/mol. The van der Waals surface area contributed by atoms with Crippen LogP contribution in [-0.4, -0.2) is 58.5 Å². The van der Waals surface area contributed by atoms with Crippen LogP contribution in [0.1, 0.15) is 31.9 Å². The molecule has 1 N–H and O–H groups in total. The van der Waals surface area contributed by atoms with E-state index in [1.165, 1.54) is 11.1 Å². The Labute approximate surface area is 197 Å². The van der Waals surface area contributed by atoms with E-state index in [1.54, 1.807) is 0 Å². The van der Waals surface area contributed by atoms with E-state index in [0.29, 0.717) is 37.9 Å². The lowest BCUT2D eigenvalue weighted by Gasteiger charge is -2.31. The van der Waals surface area contributed by atoms with E-state index in [2.05, 4.69) is 54.1 Å². The number of rotatable bonds is 10. The fourth-order valence-corrected chi connectivity index (χ4v) is 4.13. The Morgan fingerprint density at radius 1 is 0.970 bits per heavy atom. The topological polar surface area (TPSA) is 63.3 Å². The van der Waals surface area contributed by atoms with Gasteiger partial charge in [0.15, 0.2) is 0 Å². The van der Waals surface area contributed by atoms with Crippen LogP contribution < -0.4 is 24.6 Å². The first-order valence-electron chi connectivity index (χ1n) is 11.8. The summed E-state index contributed by atoms with van der Waals surface area (Å²) in [6.07, 6.45) is 0. The molecule has 0 saturated carbocycles. The summed E-state index contributed by atoms with van der Waals surface area (Å²) >= 11 is 0. The number of carbonyl (C=O) groups is 1. The molecular formula is C26H37N3O4. The van der Waals surface area contributed by atoms with Crippen LogP contribution in [0.15, 0.2) is 30.3 Å². The van der Waals surface area contributed by atoms with Crippen LogP contribution in [0.3, 0.4) is 0 Å². The van der Waals surface area contributed by atoms with Crippen molar-refractivity contribution in [3.05, 3.63) is 41.5 Å². The smallest absolute Gasteiger partial charge is 0.243 e. The second kappa shape index (κ2) is 11.8. The maximum atomic E-state index is 13.1. The Morgan fingerprint density at radius 3 is 2.21 bits per heavy atom. The Bertz CT molecular complexity index is 921. The van der Waals surface area contributed by atoms with Crippen molar-refractivity contribution >= 4 is 23.0 Å². The van der Waals surface area contributed by atoms with Crippen molar-refractivity contribution in [2.45, 2.75) is 34.6 Å². The number of anilines is 3. The molecule has 1 fully saturated rings. The molecule has 0 radical (unpaired) electrons. The minimum Gasteiger partial charge on any atom is -0.492 e. The summed E-state index contributed by atoms with van der Waals surface area (Å²) in [7, 11) is 0. The molecule has 0 spiro atoms. The van der Waals surface area contributed by atoms with Gasteiger partial charge in [-0.2, -0.15) is 0 Å². The normalized spacial score (nSPS) is 13.5. The molecule has 0 aromatic heterocycles. The molecule has 180 valence electrons. The van der Waals surface area contributed by atoms with Gasteiger partial charge in [-0.15, -0.1) is 0 Å². The summed E-state index contributed by atoms with van der Waals surface area (Å²) in [6.45, 7) is 15.1. The second-order valence-corrected chi connectivity index (χ2v) is 8.19. The van der Waals surface area contributed by atoms with Crippen LogP contribution >= 0.6 is 0 Å². The number of carbonyl (C=O) groups excluding carboxylic acids is 1. The molecule has 3 rings (SSSR count). The van der Waals surface area contributed by atoms with Crippen molar-refractivity contribution in [1.82, 2.24) is 0 Å². The number of nitrogens with one attached hydrogen (secondary N) is 1. The fraction of sp³-hybridized carbons (Fsp3) is 0.500. The molecule has 1 saturated heterocycles. The largest absolute Gasteiger partial charge is 0.492 e. The Morgan fingerprint density at radius 2 is 1.61 bits per heavy atom. The minimum absolute atomic E-state index is 0.0986. The minimum atomic E-state index is -0.0986. The number of ether oxygens (including phenoxy) is 3. The summed E-state index contributed by atoms with van der Waals surface area (Å²) in [4.78, 5) is 17.4. The fourth-order valence-electron chi connectivity index (χ4n) is 4.13. The van der Waals surface area contributed by atoms with Gasteiger partial charge in [-0.3, -0.25) is 4.79 Å². The summed E-state index contributed by atoms with van der Waals surface area (Å²) in [5.74, 6) is 1.28. The van der Waals surface area contributed by atoms with E-state index in [-0.39, 0.29) is 12.5 Å². The molecule has 1 heterocycles. The quantitative estimate of drug-likeness (QED) is 0.573. The van der Waals surface area contributed by atoms with E-state index in [9.17, 15) is 4.79 Å². The zero-order valence-electron chi connectivity index (χ0n) is 20.6. The highest BCUT2D eigenvalue weighted by Gasteiger charge is 2.21. The van der Waals surface area contributed by atoms with Gasteiger partial charge in [-0.25, -0.2) is 0 Å². The third-order valence-corrected chi connectivity index (χ3v) is 5.57. The van der Waals surface area contributed by atoms with Crippen molar-refractivity contribution in [2.75, 3.05) is 67.7 Å². The van der Waals surface area contributed by atoms with Gasteiger partial charge in [0.05, 0.1) is 44.3 Å². The molecule has 7 heteroatoms. The molecule has 7 nitrogen and oxygen atoms in total. The molecule has 0 bridgehead atoms. The SMILES string of the molecule is CCOc1cc(N2CCOCC2)c(OCC)cc1NC(=O)CN(CC)c1cc(C)cc(C)c1. The van der Waals surface area contributed by atoms with Gasteiger partial charge in [-0.05, 0) is 57.9 Å². The van der Waals surface area contributed by atoms with Gasteiger partial charge >= 0.3 is 0 Å². The van der Waals surface area contributed by atoms with Gasteiger partial charge in [-0.1, -0.05) is 6.07 Å². The maximum absolute atomic E-state index is 13.1. The highest BCUT2D eigenvalue weighted by atomic mass is 16.5. The first-order valence-corrected chi connectivity index (χ1v) is 11.8. The number of benzene rings is 2. The van der Waals surface area contributed by atoms with Crippen LogP contribution in [0.2, 0.25) is 0 Å². The van der Waals surface area contributed by atoms with Gasteiger partial charge < -0.3 is 29.3 Å². The Hall–Kier alpha value is -2.93. The molecule has 2 aromatic carbocycles. The van der Waals surface area contributed by atoms with Crippen molar-refractivity contribution in [1.29, 1.82) is 0 Å². The summed E-state index contributed by atoms with van der Waals surface area (Å²) in [5.41, 5.74) is 5.00. The van der Waals surface area contributed by atoms with Gasteiger partial charge in [0.2, 0.25) is 5.91 Å². The Balaban J connectivity index is 1.84. The van der Waals surface area contributed by atoms with Gasteiger partial charge in [0.1, 0.15) is 11.5 Å². The van der Waals surface area contributed by atoms with E-state index in [4.69, 9.17) is 14.2 Å². The van der Waals surface area contributed by atoms with Crippen molar-refractivity contribution < 1.29 is 19.0 Å². The highest BCUT2D eigenvalue weighted by molar-refractivity contribution is 5.96. The van der Waals surface area contributed by atoms with Crippen molar-refractivity contribution in [3.63, 3.8) is 0 Å². The average Bonchev–Trinajstić information content (AvgIpc) is 2.79. The number of nitrogens with zero attached hydrogens (tertiary/aromatic N) is 2. The summed E-state index contributed by atoms with van der Waals surface area (Å²) < 4.78 is 17.4. The van der Waals surface area contributed by atoms with E-state index < -0.39 is 0 Å². The molecule has 0 aliphatic carbocycles. The third kappa shape index (κ3) is 6.54. The maximum Gasteiger partial charge on any atom is 0.243 e. The number of morpholine rings is 1. The summed E-state index contributed by atoms with van der Waals surface area (Å²) in [5, 5.41) is 3.06. The number of likely N-dealkylation sites (N-methyl/N-ethyl adjacent to an activating group) is 1. The lowest BCUT2D eigenvalue weighted by Crippen LogP contribution is -2.36. The van der Waals surface area contributed by atoms with Crippen LogP contribution in [-0.2, 0) is 9.53 Å². The zero-order chi connectivity index (χ0) is 23.8. The number of aryl methyl sites for hydroxylation is 2. The third-order valence-electron chi connectivity index (χ3n) is 5.57. The van der Waals surface area contributed by atoms with Crippen molar-refractivity contribution in [3.8, 4) is 11.5 Å². The average molecular weight is 456 g/mol. The summed E-state index contributed by atoms with van der Waals surface area (Å²) in [6, 6.07) is 10.2. The molecule has 0 unspecified atom stereocenters. The van der Waals surface area contributed by atoms with Crippen LogP contribution in [0.4, 0.5) is 17.1 Å². The van der Waals surface area contributed by atoms with Crippen LogP contribution in [0, 0.1) is 13.8 Å². The predicted octanol–water partition coefficient (Wildman–Crippen LogP) is 4.40. The molecule has 33 heavy (non-hydrogen) atoms. The molecule has 1 aliphatic heterocycles. The lowest BCUT2D eigenvalue weighted by molar-refractivity contribution is -0.115. The highest BCUT2D eigenvalue weighted by Crippen LogP contribution is 2.39. The number of hydrogen-bond donors (Lipinski definition) is 1. The van der Waals surface area contributed by atoms with E-state index in [0.717, 1.165) is 36.8 Å². The first kappa shape index (κ1) is 24.7. The lowest BCUT2D eigenvalue weighted by atomic mass is 10.1.